The maximum absolute atomic E-state index is 8.99. The van der Waals surface area contributed by atoms with Crippen LogP contribution in [0.15, 0.2) is 67.1 Å². The molecule has 24 heavy (non-hydrogen) atoms. The first kappa shape index (κ1) is 14.0. The zero-order chi connectivity index (χ0) is 16.4. The fraction of sp³-hybridized carbons (Fsp3) is 0.0556. The summed E-state index contributed by atoms with van der Waals surface area (Å²) in [7, 11) is 0. The summed E-state index contributed by atoms with van der Waals surface area (Å²) in [4.78, 5) is 6.08. The molecule has 0 N–H and O–H groups in total. The van der Waals surface area contributed by atoms with Crippen LogP contribution < -0.4 is 0 Å². The normalized spacial score (nSPS) is 12.0. The van der Waals surface area contributed by atoms with Crippen molar-refractivity contribution in [3.8, 4) is 6.07 Å². The largest absolute Gasteiger partial charge is 0.256 e. The van der Waals surface area contributed by atoms with Gasteiger partial charge in [0.1, 0.15) is 6.04 Å². The Morgan fingerprint density at radius 3 is 2.58 bits per heavy atom. The molecular formula is C18H12N6. The monoisotopic (exact) mass is 312 g/mol. The van der Waals surface area contributed by atoms with Gasteiger partial charge in [0.05, 0.1) is 17.1 Å². The summed E-state index contributed by atoms with van der Waals surface area (Å²) in [6.45, 7) is 0. The van der Waals surface area contributed by atoms with E-state index in [0.717, 1.165) is 22.0 Å². The van der Waals surface area contributed by atoms with Gasteiger partial charge in [-0.3, -0.25) is 4.98 Å². The van der Waals surface area contributed by atoms with Gasteiger partial charge in [0, 0.05) is 17.1 Å². The number of pyridine rings is 1. The van der Waals surface area contributed by atoms with Gasteiger partial charge in [0.25, 0.3) is 0 Å². The molecule has 6 nitrogen and oxygen atoms in total. The number of hydrogen-bond donors (Lipinski definition) is 0. The van der Waals surface area contributed by atoms with Gasteiger partial charge in [-0.15, -0.1) is 10.2 Å². The third-order valence-electron chi connectivity index (χ3n) is 3.88. The minimum Gasteiger partial charge on any atom is -0.256 e. The predicted molar refractivity (Wildman–Crippen MR) is 88.0 cm³/mol. The summed E-state index contributed by atoms with van der Waals surface area (Å²) in [5.74, 6) is 0. The Morgan fingerprint density at radius 1 is 1.00 bits per heavy atom. The molecule has 0 saturated heterocycles. The van der Waals surface area contributed by atoms with Crippen molar-refractivity contribution in [1.29, 1.82) is 5.26 Å². The summed E-state index contributed by atoms with van der Waals surface area (Å²) in [6, 6.07) is 19.3. The number of tetrazole rings is 1. The number of fused-ring (bicyclic) bond motifs is 1. The lowest BCUT2D eigenvalue weighted by atomic mass is 9.98. The van der Waals surface area contributed by atoms with Crippen LogP contribution in [0.5, 0.6) is 0 Å². The van der Waals surface area contributed by atoms with Gasteiger partial charge >= 0.3 is 0 Å². The number of para-hydroxylation sites is 1. The Hall–Kier alpha value is -3.59. The molecule has 1 atom stereocenters. The molecular weight excluding hydrogens is 300 g/mol. The van der Waals surface area contributed by atoms with E-state index >= 15 is 0 Å². The van der Waals surface area contributed by atoms with Crippen molar-refractivity contribution in [2.24, 2.45) is 0 Å². The van der Waals surface area contributed by atoms with E-state index in [1.54, 1.807) is 16.9 Å². The fourth-order valence-electron chi connectivity index (χ4n) is 2.73. The first-order valence-electron chi connectivity index (χ1n) is 7.42. The lowest BCUT2D eigenvalue weighted by Crippen LogP contribution is -2.16. The molecule has 4 aromatic rings. The highest BCUT2D eigenvalue weighted by molar-refractivity contribution is 5.79. The molecule has 0 fully saturated rings. The van der Waals surface area contributed by atoms with Crippen molar-refractivity contribution >= 4 is 10.9 Å². The summed E-state index contributed by atoms with van der Waals surface area (Å²) in [5, 5.41) is 22.1. The van der Waals surface area contributed by atoms with Crippen LogP contribution in [0.2, 0.25) is 0 Å². The Bertz CT molecular complexity index is 1020. The van der Waals surface area contributed by atoms with Crippen LogP contribution >= 0.6 is 0 Å². The van der Waals surface area contributed by atoms with E-state index in [4.69, 9.17) is 5.26 Å². The van der Waals surface area contributed by atoms with Gasteiger partial charge in [-0.25, -0.2) is 0 Å². The van der Waals surface area contributed by atoms with Crippen LogP contribution in [0.1, 0.15) is 22.7 Å². The Balaban J connectivity index is 1.86. The second-order valence-electron chi connectivity index (χ2n) is 5.35. The molecule has 4 rings (SSSR count). The summed E-state index contributed by atoms with van der Waals surface area (Å²) in [5.41, 5.74) is 3.47. The Labute approximate surface area is 138 Å². The van der Waals surface area contributed by atoms with E-state index in [9.17, 15) is 0 Å². The van der Waals surface area contributed by atoms with Crippen LogP contribution in [0.4, 0.5) is 0 Å². The smallest absolute Gasteiger partial charge is 0.162 e. The van der Waals surface area contributed by atoms with E-state index in [1.807, 2.05) is 42.6 Å². The molecule has 0 radical (unpaired) electrons. The van der Waals surface area contributed by atoms with Gasteiger partial charge < -0.3 is 0 Å². The minimum absolute atomic E-state index is 0.252. The second kappa shape index (κ2) is 5.89. The zero-order valence-corrected chi connectivity index (χ0v) is 12.6. The zero-order valence-electron chi connectivity index (χ0n) is 12.6. The fourth-order valence-corrected chi connectivity index (χ4v) is 2.73. The molecule has 6 heteroatoms. The molecule has 1 unspecified atom stereocenters. The summed E-state index contributed by atoms with van der Waals surface area (Å²) >= 11 is 0. The molecule has 0 saturated carbocycles. The Kier molecular flexibility index (Phi) is 3.45. The minimum atomic E-state index is -0.252. The number of benzene rings is 2. The molecule has 0 amide bonds. The standard InChI is InChI=1S/C18H12N6/c19-10-13-5-7-14(8-6-13)18(24-22-12-21-23-24)16-9-15-3-1-2-4-17(15)20-11-16/h1-9,11-12,18H. The number of nitrogens with zero attached hydrogens (tertiary/aromatic N) is 6. The van der Waals surface area contributed by atoms with Crippen LogP contribution in [0.25, 0.3) is 10.9 Å². The van der Waals surface area contributed by atoms with Gasteiger partial charge in [-0.1, -0.05) is 30.3 Å². The number of aromatic nitrogens is 5. The SMILES string of the molecule is N#Cc1ccc(C(c2cnc3ccccc3c2)n2ncnn2)cc1. The molecule has 0 bridgehead atoms. The number of rotatable bonds is 3. The molecule has 2 aromatic carbocycles. The van der Waals surface area contributed by atoms with Gasteiger partial charge in [0.2, 0.25) is 0 Å². The first-order chi connectivity index (χ1) is 11.8. The molecule has 0 spiro atoms. The third-order valence-corrected chi connectivity index (χ3v) is 3.88. The molecule has 2 heterocycles. The molecule has 0 aliphatic carbocycles. The van der Waals surface area contributed by atoms with Crippen LogP contribution in [-0.4, -0.2) is 25.2 Å². The topological polar surface area (TPSA) is 80.3 Å². The third kappa shape index (κ3) is 2.48. The highest BCUT2D eigenvalue weighted by Crippen LogP contribution is 2.27. The molecule has 114 valence electrons. The van der Waals surface area contributed by atoms with Crippen LogP contribution in [0, 0.1) is 11.3 Å². The summed E-state index contributed by atoms with van der Waals surface area (Å²) < 4.78 is 0. The van der Waals surface area contributed by atoms with Crippen molar-refractivity contribution in [2.75, 3.05) is 0 Å². The van der Waals surface area contributed by atoms with Crippen molar-refractivity contribution in [3.05, 3.63) is 83.8 Å². The van der Waals surface area contributed by atoms with E-state index in [1.165, 1.54) is 6.33 Å². The number of nitriles is 1. The van der Waals surface area contributed by atoms with Crippen molar-refractivity contribution in [3.63, 3.8) is 0 Å². The maximum Gasteiger partial charge on any atom is 0.162 e. The van der Waals surface area contributed by atoms with E-state index in [0.29, 0.717) is 5.56 Å². The van der Waals surface area contributed by atoms with Crippen molar-refractivity contribution in [2.45, 2.75) is 6.04 Å². The maximum atomic E-state index is 8.99. The predicted octanol–water partition coefficient (Wildman–Crippen LogP) is 2.73. The van der Waals surface area contributed by atoms with Crippen molar-refractivity contribution < 1.29 is 0 Å². The van der Waals surface area contributed by atoms with Crippen molar-refractivity contribution in [1.82, 2.24) is 25.2 Å². The van der Waals surface area contributed by atoms with E-state index < -0.39 is 0 Å². The first-order valence-corrected chi connectivity index (χ1v) is 7.42. The van der Waals surface area contributed by atoms with Gasteiger partial charge in [0.15, 0.2) is 6.33 Å². The van der Waals surface area contributed by atoms with Crippen LogP contribution in [-0.2, 0) is 0 Å². The molecule has 2 aromatic heterocycles. The highest BCUT2D eigenvalue weighted by atomic mass is 15.6. The van der Waals surface area contributed by atoms with E-state index in [2.05, 4.69) is 32.5 Å². The molecule has 0 aliphatic heterocycles. The second-order valence-corrected chi connectivity index (χ2v) is 5.35. The van der Waals surface area contributed by atoms with Gasteiger partial charge in [-0.05, 0) is 35.0 Å². The number of hydrogen-bond acceptors (Lipinski definition) is 5. The Morgan fingerprint density at radius 2 is 1.83 bits per heavy atom. The molecule has 0 aliphatic rings. The summed E-state index contributed by atoms with van der Waals surface area (Å²) in [6.07, 6.45) is 3.24. The quantitative estimate of drug-likeness (QED) is 0.581. The highest BCUT2D eigenvalue weighted by Gasteiger charge is 2.19. The van der Waals surface area contributed by atoms with Crippen LogP contribution in [0.3, 0.4) is 0 Å². The lowest BCUT2D eigenvalue weighted by Gasteiger charge is -2.17. The average molecular weight is 312 g/mol. The lowest BCUT2D eigenvalue weighted by molar-refractivity contribution is 0.504. The van der Waals surface area contributed by atoms with E-state index in [-0.39, 0.29) is 6.04 Å². The van der Waals surface area contributed by atoms with Gasteiger partial charge in [-0.2, -0.15) is 10.1 Å². The average Bonchev–Trinajstić information content (AvgIpc) is 3.17.